The van der Waals surface area contributed by atoms with Gasteiger partial charge in [-0.25, -0.2) is 10.4 Å². The number of rotatable bonds is 4. The van der Waals surface area contributed by atoms with Crippen LogP contribution in [0.2, 0.25) is 0 Å². The summed E-state index contributed by atoms with van der Waals surface area (Å²) in [6.07, 6.45) is -4.65. The van der Waals surface area contributed by atoms with Crippen molar-refractivity contribution < 1.29 is 17.9 Å². The highest BCUT2D eigenvalue weighted by Crippen LogP contribution is 2.24. The normalized spacial score (nSPS) is 19.5. The molecular weight excluding hydrogens is 283 g/mol. The maximum Gasteiger partial charge on any atom is 0.573 e. The molecule has 2 rings (SSSR count). The van der Waals surface area contributed by atoms with Gasteiger partial charge in [-0.1, -0.05) is 12.1 Å². The quantitative estimate of drug-likeness (QED) is 0.924. The average molecular weight is 303 g/mol. The van der Waals surface area contributed by atoms with Crippen molar-refractivity contribution in [2.45, 2.75) is 19.3 Å². The van der Waals surface area contributed by atoms with Crippen molar-refractivity contribution in [1.82, 2.24) is 15.3 Å². The summed E-state index contributed by atoms with van der Waals surface area (Å²) in [5, 5.41) is 2.14. The topological polar surface area (TPSA) is 27.7 Å². The Morgan fingerprint density at radius 3 is 2.19 bits per heavy atom. The van der Waals surface area contributed by atoms with Crippen LogP contribution in [0.4, 0.5) is 13.2 Å². The Morgan fingerprint density at radius 1 is 1.10 bits per heavy atom. The number of hydrogen-bond donors (Lipinski definition) is 1. The number of nitrogens with zero attached hydrogens (tertiary/aromatic N) is 2. The van der Waals surface area contributed by atoms with E-state index < -0.39 is 6.36 Å². The second kappa shape index (κ2) is 6.64. The van der Waals surface area contributed by atoms with E-state index >= 15 is 0 Å². The molecule has 7 heteroatoms. The molecule has 1 atom stereocenters. The van der Waals surface area contributed by atoms with Gasteiger partial charge in [-0.3, -0.25) is 0 Å². The Kier molecular flexibility index (Phi) is 5.08. The summed E-state index contributed by atoms with van der Waals surface area (Å²) in [4.78, 5) is 2.26. The molecule has 1 heterocycles. The molecule has 4 nitrogen and oxygen atoms in total. The van der Waals surface area contributed by atoms with Crippen LogP contribution >= 0.6 is 0 Å². The zero-order valence-electron chi connectivity index (χ0n) is 12.2. The van der Waals surface area contributed by atoms with Crippen LogP contribution in [0, 0.1) is 0 Å². The van der Waals surface area contributed by atoms with E-state index in [1.807, 2.05) is 6.92 Å². The third-order valence-corrected chi connectivity index (χ3v) is 3.49. The molecule has 1 fully saturated rings. The molecule has 118 valence electrons. The fraction of sp³-hybridized carbons (Fsp3) is 0.571. The Labute approximate surface area is 122 Å². The van der Waals surface area contributed by atoms with E-state index in [0.29, 0.717) is 0 Å². The third kappa shape index (κ3) is 5.18. The van der Waals surface area contributed by atoms with Gasteiger partial charge in [0.2, 0.25) is 0 Å². The minimum Gasteiger partial charge on any atom is -0.406 e. The molecule has 1 aromatic carbocycles. The van der Waals surface area contributed by atoms with Crippen LogP contribution in [0.1, 0.15) is 18.5 Å². The monoisotopic (exact) mass is 303 g/mol. The van der Waals surface area contributed by atoms with Gasteiger partial charge in [0.05, 0.1) is 0 Å². The lowest BCUT2D eigenvalue weighted by Crippen LogP contribution is -2.51. The predicted molar refractivity (Wildman–Crippen MR) is 73.7 cm³/mol. The van der Waals surface area contributed by atoms with Crippen molar-refractivity contribution in [3.8, 4) is 5.75 Å². The lowest BCUT2D eigenvalue weighted by molar-refractivity contribution is -0.274. The van der Waals surface area contributed by atoms with Gasteiger partial charge in [0, 0.05) is 32.2 Å². The minimum atomic E-state index is -4.65. The number of alkyl halides is 3. The Bertz CT molecular complexity index is 442. The van der Waals surface area contributed by atoms with Gasteiger partial charge >= 0.3 is 6.36 Å². The van der Waals surface area contributed by atoms with Crippen molar-refractivity contribution in [2.24, 2.45) is 0 Å². The van der Waals surface area contributed by atoms with E-state index in [1.54, 1.807) is 12.1 Å². The number of halogens is 3. The van der Waals surface area contributed by atoms with E-state index in [-0.39, 0.29) is 11.8 Å². The molecule has 0 spiro atoms. The molecule has 1 saturated heterocycles. The number of likely N-dealkylation sites (N-methyl/N-ethyl adjacent to an activating group) is 1. The molecule has 0 aromatic heterocycles. The van der Waals surface area contributed by atoms with E-state index in [1.165, 1.54) is 12.1 Å². The summed E-state index contributed by atoms with van der Waals surface area (Å²) < 4.78 is 40.1. The van der Waals surface area contributed by atoms with E-state index in [2.05, 4.69) is 27.1 Å². The number of hydrazine groups is 1. The Morgan fingerprint density at radius 2 is 1.67 bits per heavy atom. The van der Waals surface area contributed by atoms with Crippen molar-refractivity contribution in [3.63, 3.8) is 0 Å². The maximum atomic E-state index is 12.1. The summed E-state index contributed by atoms with van der Waals surface area (Å²) in [5.74, 6) is -0.196. The number of hydrogen-bond acceptors (Lipinski definition) is 4. The van der Waals surface area contributed by atoms with Gasteiger partial charge in [0.25, 0.3) is 0 Å². The van der Waals surface area contributed by atoms with E-state index in [0.717, 1.165) is 31.7 Å². The van der Waals surface area contributed by atoms with Crippen molar-refractivity contribution >= 4 is 0 Å². The molecule has 1 aromatic rings. The van der Waals surface area contributed by atoms with E-state index in [4.69, 9.17) is 0 Å². The number of piperazine rings is 1. The van der Waals surface area contributed by atoms with Crippen LogP contribution < -0.4 is 10.2 Å². The predicted octanol–water partition coefficient (Wildman–Crippen LogP) is 2.40. The molecule has 0 radical (unpaired) electrons. The smallest absolute Gasteiger partial charge is 0.406 e. The molecule has 1 N–H and O–H groups in total. The van der Waals surface area contributed by atoms with Gasteiger partial charge in [-0.15, -0.1) is 13.2 Å². The molecule has 1 aliphatic rings. The SMILES string of the molecule is CC(NN1CCN(C)CC1)c1ccc(OC(F)(F)F)cc1. The fourth-order valence-electron chi connectivity index (χ4n) is 2.24. The van der Waals surface area contributed by atoms with Crippen LogP contribution in [-0.4, -0.2) is 49.5 Å². The first-order valence-corrected chi connectivity index (χ1v) is 6.89. The number of benzene rings is 1. The van der Waals surface area contributed by atoms with Gasteiger partial charge in [-0.05, 0) is 31.7 Å². The van der Waals surface area contributed by atoms with Crippen molar-refractivity contribution in [3.05, 3.63) is 29.8 Å². The van der Waals surface area contributed by atoms with Crippen molar-refractivity contribution in [2.75, 3.05) is 33.2 Å². The Balaban J connectivity index is 1.89. The van der Waals surface area contributed by atoms with Crippen molar-refractivity contribution in [1.29, 1.82) is 0 Å². The lowest BCUT2D eigenvalue weighted by Gasteiger charge is -2.34. The van der Waals surface area contributed by atoms with Crippen LogP contribution in [0.3, 0.4) is 0 Å². The number of ether oxygens (including phenoxy) is 1. The van der Waals surface area contributed by atoms with Gasteiger partial charge < -0.3 is 9.64 Å². The Hall–Kier alpha value is -1.31. The molecule has 21 heavy (non-hydrogen) atoms. The summed E-state index contributed by atoms with van der Waals surface area (Å²) in [5.41, 5.74) is 4.29. The van der Waals surface area contributed by atoms with Crippen LogP contribution in [0.15, 0.2) is 24.3 Å². The molecule has 0 amide bonds. The molecule has 0 bridgehead atoms. The zero-order chi connectivity index (χ0) is 15.5. The number of nitrogens with one attached hydrogen (secondary N) is 1. The fourth-order valence-corrected chi connectivity index (χ4v) is 2.24. The molecular formula is C14H20F3N3O. The summed E-state index contributed by atoms with van der Waals surface area (Å²) in [6, 6.07) is 6.01. The second-order valence-corrected chi connectivity index (χ2v) is 5.26. The van der Waals surface area contributed by atoms with Gasteiger partial charge in [0.1, 0.15) is 5.75 Å². The summed E-state index contributed by atoms with van der Waals surface area (Å²) in [6.45, 7) is 5.83. The molecule has 0 saturated carbocycles. The van der Waals surface area contributed by atoms with E-state index in [9.17, 15) is 13.2 Å². The third-order valence-electron chi connectivity index (χ3n) is 3.49. The molecule has 1 aliphatic heterocycles. The first-order chi connectivity index (χ1) is 9.83. The van der Waals surface area contributed by atoms with Crippen LogP contribution in [0.25, 0.3) is 0 Å². The first-order valence-electron chi connectivity index (χ1n) is 6.89. The molecule has 0 aliphatic carbocycles. The summed E-state index contributed by atoms with van der Waals surface area (Å²) in [7, 11) is 2.08. The minimum absolute atomic E-state index is 0.0355. The standard InChI is InChI=1S/C14H20F3N3O/c1-11(18-20-9-7-19(2)8-10-20)12-3-5-13(6-4-12)21-14(15,16)17/h3-6,11,18H,7-10H2,1-2H3. The largest absolute Gasteiger partial charge is 0.573 e. The molecule has 1 unspecified atom stereocenters. The average Bonchev–Trinajstić information content (AvgIpc) is 2.40. The highest BCUT2D eigenvalue weighted by atomic mass is 19.4. The summed E-state index contributed by atoms with van der Waals surface area (Å²) >= 11 is 0. The highest BCUT2D eigenvalue weighted by Gasteiger charge is 2.31. The zero-order valence-corrected chi connectivity index (χ0v) is 12.2. The maximum absolute atomic E-state index is 12.1. The van der Waals surface area contributed by atoms with Gasteiger partial charge in [-0.2, -0.15) is 0 Å². The second-order valence-electron chi connectivity index (χ2n) is 5.26. The first kappa shape index (κ1) is 16.1. The van der Waals surface area contributed by atoms with Crippen LogP contribution in [0.5, 0.6) is 5.75 Å². The van der Waals surface area contributed by atoms with Gasteiger partial charge in [0.15, 0.2) is 0 Å². The highest BCUT2D eigenvalue weighted by molar-refractivity contribution is 5.29. The lowest BCUT2D eigenvalue weighted by atomic mass is 10.1. The van der Waals surface area contributed by atoms with Crippen LogP contribution in [-0.2, 0) is 0 Å².